The van der Waals surface area contributed by atoms with Crippen molar-refractivity contribution >= 4 is 17.5 Å². The molecule has 0 saturated carbocycles. The van der Waals surface area contributed by atoms with Crippen LogP contribution in [0.15, 0.2) is 54.6 Å². The second kappa shape index (κ2) is 7.83. The molecule has 1 aliphatic rings. The molecule has 5 heteroatoms. The minimum Gasteiger partial charge on any atom is -0.482 e. The molecular weight excluding hydrogens is 316 g/mol. The fourth-order valence-electron chi connectivity index (χ4n) is 2.94. The summed E-state index contributed by atoms with van der Waals surface area (Å²) in [4.78, 5) is 28.2. The average molecular weight is 338 g/mol. The summed E-state index contributed by atoms with van der Waals surface area (Å²) in [6, 6.07) is 17.3. The molecule has 0 saturated heterocycles. The molecule has 0 atom stereocenters. The Morgan fingerprint density at radius 3 is 2.60 bits per heavy atom. The highest BCUT2D eigenvalue weighted by molar-refractivity contribution is 5.98. The Bertz CT molecular complexity index is 746. The normalized spacial score (nSPS) is 13.2. The number of carbonyl (C=O) groups is 2. The highest BCUT2D eigenvalue weighted by atomic mass is 16.5. The molecule has 0 unspecified atom stereocenters. The van der Waals surface area contributed by atoms with E-state index in [1.54, 1.807) is 4.90 Å². The Morgan fingerprint density at radius 2 is 1.84 bits per heavy atom. The predicted molar refractivity (Wildman–Crippen MR) is 96.4 cm³/mol. The SMILES string of the molecule is CCN(Cc1ccccc1)C(=O)CCN1C(=O)COc2ccccc21. The number of para-hydroxylation sites is 2. The van der Waals surface area contributed by atoms with Gasteiger partial charge in [0.25, 0.3) is 5.91 Å². The monoisotopic (exact) mass is 338 g/mol. The van der Waals surface area contributed by atoms with Crippen LogP contribution in [-0.2, 0) is 16.1 Å². The number of rotatable bonds is 6. The van der Waals surface area contributed by atoms with Crippen LogP contribution in [0.5, 0.6) is 5.75 Å². The van der Waals surface area contributed by atoms with Crippen LogP contribution in [0, 0.1) is 0 Å². The number of nitrogens with zero attached hydrogens (tertiary/aromatic N) is 2. The number of carbonyl (C=O) groups excluding carboxylic acids is 2. The van der Waals surface area contributed by atoms with Gasteiger partial charge in [-0.25, -0.2) is 0 Å². The number of anilines is 1. The van der Waals surface area contributed by atoms with Gasteiger partial charge in [-0.3, -0.25) is 9.59 Å². The van der Waals surface area contributed by atoms with Crippen molar-refractivity contribution in [3.8, 4) is 5.75 Å². The molecule has 1 heterocycles. The van der Waals surface area contributed by atoms with Crippen LogP contribution in [0.2, 0.25) is 0 Å². The third-order valence-corrected chi connectivity index (χ3v) is 4.31. The van der Waals surface area contributed by atoms with E-state index in [1.807, 2.05) is 66.4 Å². The summed E-state index contributed by atoms with van der Waals surface area (Å²) in [7, 11) is 0. The quantitative estimate of drug-likeness (QED) is 0.814. The maximum Gasteiger partial charge on any atom is 0.265 e. The molecule has 2 amide bonds. The van der Waals surface area contributed by atoms with E-state index in [2.05, 4.69) is 0 Å². The van der Waals surface area contributed by atoms with Crippen LogP contribution in [0.25, 0.3) is 0 Å². The van der Waals surface area contributed by atoms with Crippen molar-refractivity contribution in [3.63, 3.8) is 0 Å². The predicted octanol–water partition coefficient (Wildman–Crippen LogP) is 2.85. The van der Waals surface area contributed by atoms with Crippen molar-refractivity contribution in [1.82, 2.24) is 4.90 Å². The van der Waals surface area contributed by atoms with Gasteiger partial charge in [-0.1, -0.05) is 42.5 Å². The Kier molecular flexibility index (Phi) is 5.33. The Morgan fingerprint density at radius 1 is 1.12 bits per heavy atom. The first-order valence-corrected chi connectivity index (χ1v) is 8.53. The summed E-state index contributed by atoms with van der Waals surface area (Å²) in [5.41, 5.74) is 1.84. The van der Waals surface area contributed by atoms with E-state index >= 15 is 0 Å². The van der Waals surface area contributed by atoms with E-state index in [9.17, 15) is 9.59 Å². The van der Waals surface area contributed by atoms with Crippen LogP contribution < -0.4 is 9.64 Å². The lowest BCUT2D eigenvalue weighted by atomic mass is 10.2. The van der Waals surface area contributed by atoms with Crippen molar-refractivity contribution in [2.45, 2.75) is 19.9 Å². The Labute approximate surface area is 147 Å². The molecule has 5 nitrogen and oxygen atoms in total. The molecule has 25 heavy (non-hydrogen) atoms. The van der Waals surface area contributed by atoms with E-state index in [-0.39, 0.29) is 18.4 Å². The number of hydrogen-bond donors (Lipinski definition) is 0. The van der Waals surface area contributed by atoms with Crippen LogP contribution in [0.3, 0.4) is 0 Å². The summed E-state index contributed by atoms with van der Waals surface area (Å²) in [6.45, 7) is 3.58. The average Bonchev–Trinajstić information content (AvgIpc) is 2.66. The maximum absolute atomic E-state index is 12.6. The third kappa shape index (κ3) is 3.99. The number of fused-ring (bicyclic) bond motifs is 1. The molecule has 130 valence electrons. The van der Waals surface area contributed by atoms with Gasteiger partial charge in [0.15, 0.2) is 6.61 Å². The second-order valence-corrected chi connectivity index (χ2v) is 5.95. The number of ether oxygens (including phenoxy) is 1. The van der Waals surface area contributed by atoms with Gasteiger partial charge in [0, 0.05) is 26.1 Å². The highest BCUT2D eigenvalue weighted by Gasteiger charge is 2.26. The van der Waals surface area contributed by atoms with E-state index in [0.717, 1.165) is 11.3 Å². The highest BCUT2D eigenvalue weighted by Crippen LogP contribution is 2.31. The third-order valence-electron chi connectivity index (χ3n) is 4.31. The lowest BCUT2D eigenvalue weighted by Crippen LogP contribution is -2.41. The molecule has 0 bridgehead atoms. The van der Waals surface area contributed by atoms with Crippen LogP contribution in [-0.4, -0.2) is 36.4 Å². The van der Waals surface area contributed by atoms with Crippen molar-refractivity contribution in [3.05, 3.63) is 60.2 Å². The second-order valence-electron chi connectivity index (χ2n) is 5.95. The van der Waals surface area contributed by atoms with Gasteiger partial charge in [-0.05, 0) is 24.6 Å². The van der Waals surface area contributed by atoms with Crippen molar-refractivity contribution in [2.75, 3.05) is 24.6 Å². The largest absolute Gasteiger partial charge is 0.482 e. The van der Waals surface area contributed by atoms with Crippen LogP contribution in [0.1, 0.15) is 18.9 Å². The van der Waals surface area contributed by atoms with Gasteiger partial charge >= 0.3 is 0 Å². The van der Waals surface area contributed by atoms with Gasteiger partial charge in [0.2, 0.25) is 5.91 Å². The first-order chi connectivity index (χ1) is 12.2. The lowest BCUT2D eigenvalue weighted by Gasteiger charge is -2.30. The van der Waals surface area contributed by atoms with E-state index in [1.165, 1.54) is 0 Å². The molecule has 1 aliphatic heterocycles. The number of benzene rings is 2. The molecular formula is C20H22N2O3. The minimum atomic E-state index is -0.113. The topological polar surface area (TPSA) is 49.9 Å². The first kappa shape index (κ1) is 17.0. The molecule has 2 aromatic carbocycles. The summed E-state index contributed by atoms with van der Waals surface area (Å²) < 4.78 is 5.43. The molecule has 0 fully saturated rings. The molecule has 0 aliphatic carbocycles. The van der Waals surface area contributed by atoms with E-state index < -0.39 is 0 Å². The molecule has 2 aromatic rings. The number of hydrogen-bond acceptors (Lipinski definition) is 3. The van der Waals surface area contributed by atoms with Gasteiger partial charge < -0.3 is 14.5 Å². The lowest BCUT2D eigenvalue weighted by molar-refractivity contribution is -0.131. The molecule has 0 N–H and O–H groups in total. The van der Waals surface area contributed by atoms with Gasteiger partial charge in [-0.2, -0.15) is 0 Å². The summed E-state index contributed by atoms with van der Waals surface area (Å²) in [6.07, 6.45) is 0.292. The fourth-order valence-corrected chi connectivity index (χ4v) is 2.94. The first-order valence-electron chi connectivity index (χ1n) is 8.53. The minimum absolute atomic E-state index is 0.0205. The molecule has 0 aromatic heterocycles. The zero-order chi connectivity index (χ0) is 17.6. The summed E-state index contributed by atoms with van der Waals surface area (Å²) in [5.74, 6) is 0.618. The van der Waals surface area contributed by atoms with Crippen molar-refractivity contribution in [1.29, 1.82) is 0 Å². The standard InChI is InChI=1S/C20H22N2O3/c1-2-21(14-16-8-4-3-5-9-16)19(23)12-13-22-17-10-6-7-11-18(17)25-15-20(22)24/h3-11H,2,12-15H2,1H3. The van der Waals surface area contributed by atoms with Crippen LogP contribution in [0.4, 0.5) is 5.69 Å². The van der Waals surface area contributed by atoms with Gasteiger partial charge in [0.05, 0.1) is 5.69 Å². The van der Waals surface area contributed by atoms with E-state index in [4.69, 9.17) is 4.74 Å². The smallest absolute Gasteiger partial charge is 0.265 e. The van der Waals surface area contributed by atoms with Crippen LogP contribution >= 0.6 is 0 Å². The molecule has 0 spiro atoms. The summed E-state index contributed by atoms with van der Waals surface area (Å²) >= 11 is 0. The van der Waals surface area contributed by atoms with Gasteiger partial charge in [0.1, 0.15) is 5.75 Å². The zero-order valence-electron chi connectivity index (χ0n) is 14.4. The summed E-state index contributed by atoms with van der Waals surface area (Å²) in [5, 5.41) is 0. The Hall–Kier alpha value is -2.82. The van der Waals surface area contributed by atoms with Crippen molar-refractivity contribution in [2.24, 2.45) is 0 Å². The fraction of sp³-hybridized carbons (Fsp3) is 0.300. The molecule has 0 radical (unpaired) electrons. The molecule has 3 rings (SSSR count). The van der Waals surface area contributed by atoms with Gasteiger partial charge in [-0.15, -0.1) is 0 Å². The Balaban J connectivity index is 1.64. The van der Waals surface area contributed by atoms with E-state index in [0.29, 0.717) is 31.8 Å². The maximum atomic E-state index is 12.6. The zero-order valence-corrected chi connectivity index (χ0v) is 14.4. The number of amides is 2. The van der Waals surface area contributed by atoms with Crippen molar-refractivity contribution < 1.29 is 14.3 Å².